The van der Waals surface area contributed by atoms with Crippen LogP contribution in [0, 0.1) is 0 Å². The molecule has 0 amide bonds. The maximum atomic E-state index is 13.7. The van der Waals surface area contributed by atoms with Crippen molar-refractivity contribution in [3.8, 4) is 28.3 Å². The monoisotopic (exact) mass is 527 g/mol. The second kappa shape index (κ2) is 10.9. The first-order valence-corrected chi connectivity index (χ1v) is 12.8. The highest BCUT2D eigenvalue weighted by Crippen LogP contribution is 2.29. The minimum absolute atomic E-state index is 0.0206. The summed E-state index contributed by atoms with van der Waals surface area (Å²) < 4.78 is 4.62. The van der Waals surface area contributed by atoms with Gasteiger partial charge in [0.1, 0.15) is 5.56 Å². The smallest absolute Gasteiger partial charge is 0.341 e. The Hall–Kier alpha value is -4.87. The van der Waals surface area contributed by atoms with E-state index >= 15 is 0 Å². The van der Waals surface area contributed by atoms with Gasteiger partial charge in [-0.25, -0.2) is 14.3 Å². The molecule has 39 heavy (non-hydrogen) atoms. The molecule has 0 saturated carbocycles. The van der Waals surface area contributed by atoms with Gasteiger partial charge in [0.05, 0.1) is 18.4 Å². The number of carboxylic acid groups (broad SMARTS) is 1. The van der Waals surface area contributed by atoms with Gasteiger partial charge in [-0.2, -0.15) is 10.3 Å². The van der Waals surface area contributed by atoms with E-state index in [2.05, 4.69) is 37.6 Å². The normalized spacial score (nSPS) is 11.4. The zero-order valence-corrected chi connectivity index (χ0v) is 21.9. The summed E-state index contributed by atoms with van der Waals surface area (Å²) in [4.78, 5) is 30.3. The second-order valence-electron chi connectivity index (χ2n) is 9.51. The summed E-state index contributed by atoms with van der Waals surface area (Å²) in [6.45, 7) is 6.12. The highest BCUT2D eigenvalue weighted by molar-refractivity contribution is 5.91. The number of imidazole rings is 1. The topological polar surface area (TPSA) is 149 Å². The lowest BCUT2D eigenvalue weighted by atomic mass is 10.0. The van der Waals surface area contributed by atoms with E-state index < -0.39 is 5.97 Å². The lowest BCUT2D eigenvalue weighted by Crippen LogP contribution is -2.27. The van der Waals surface area contributed by atoms with Crippen molar-refractivity contribution in [3.63, 3.8) is 0 Å². The molecule has 2 N–H and O–H groups in total. The first-order chi connectivity index (χ1) is 18.9. The van der Waals surface area contributed by atoms with Gasteiger partial charge in [-0.3, -0.25) is 14.1 Å². The number of benzene rings is 1. The summed E-state index contributed by atoms with van der Waals surface area (Å²) in [5, 5.41) is 28.3. The van der Waals surface area contributed by atoms with Crippen molar-refractivity contribution in [3.05, 3.63) is 82.4 Å². The van der Waals surface area contributed by atoms with Crippen molar-refractivity contribution >= 4 is 5.97 Å². The molecule has 0 saturated heterocycles. The molecule has 0 aliphatic carbocycles. The molecule has 5 rings (SSSR count). The molecule has 5 aromatic rings. The van der Waals surface area contributed by atoms with Crippen LogP contribution in [0.5, 0.6) is 0 Å². The van der Waals surface area contributed by atoms with Gasteiger partial charge < -0.3 is 5.11 Å². The fourth-order valence-electron chi connectivity index (χ4n) is 4.57. The number of tetrazole rings is 1. The average Bonchev–Trinajstić information content (AvgIpc) is 3.68. The van der Waals surface area contributed by atoms with Crippen molar-refractivity contribution in [2.75, 3.05) is 0 Å². The van der Waals surface area contributed by atoms with E-state index in [0.29, 0.717) is 17.9 Å². The van der Waals surface area contributed by atoms with E-state index in [1.807, 2.05) is 50.2 Å². The number of H-pyrrole nitrogens is 1. The van der Waals surface area contributed by atoms with E-state index in [1.54, 1.807) is 21.6 Å². The van der Waals surface area contributed by atoms with Crippen molar-refractivity contribution in [1.82, 2.24) is 44.5 Å². The van der Waals surface area contributed by atoms with Crippen LogP contribution in [0.3, 0.4) is 0 Å². The molecule has 0 unspecified atom stereocenters. The number of hydrogen-bond donors (Lipinski definition) is 2. The van der Waals surface area contributed by atoms with Crippen LogP contribution >= 0.6 is 0 Å². The highest BCUT2D eigenvalue weighted by atomic mass is 16.4. The summed E-state index contributed by atoms with van der Waals surface area (Å²) in [6.07, 6.45) is 7.30. The van der Waals surface area contributed by atoms with E-state index in [0.717, 1.165) is 35.2 Å². The van der Waals surface area contributed by atoms with E-state index in [-0.39, 0.29) is 29.7 Å². The number of rotatable bonds is 10. The summed E-state index contributed by atoms with van der Waals surface area (Å²) in [5.41, 5.74) is 3.77. The predicted octanol–water partition coefficient (Wildman–Crippen LogP) is 3.75. The maximum absolute atomic E-state index is 13.7. The van der Waals surface area contributed by atoms with Crippen LogP contribution in [0.4, 0.5) is 0 Å². The molecule has 0 aliphatic heterocycles. The van der Waals surface area contributed by atoms with E-state index in [1.165, 1.54) is 10.8 Å². The van der Waals surface area contributed by atoms with Gasteiger partial charge >= 0.3 is 11.7 Å². The maximum Gasteiger partial charge on any atom is 0.341 e. The van der Waals surface area contributed by atoms with Crippen LogP contribution in [-0.4, -0.2) is 55.6 Å². The molecule has 0 spiro atoms. The fraction of sp³-hybridized carbons (Fsp3) is 0.296. The quantitative estimate of drug-likeness (QED) is 0.279. The summed E-state index contributed by atoms with van der Waals surface area (Å²) in [5.74, 6) is -0.394. The Morgan fingerprint density at radius 2 is 1.90 bits per heavy atom. The molecule has 12 heteroatoms. The lowest BCUT2D eigenvalue weighted by Gasteiger charge is -2.11. The number of nitrogens with one attached hydrogen (secondary N) is 1. The standard InChI is InChI=1S/C27H29N9O3/c1-4-5-8-20-16-35(25-23(26(37)38)14-29-36(25)17(2)3)27(39)34(20)15-19-12-11-18(13-28-19)21-9-6-7-10-22(21)24-30-32-33-31-24/h6-7,9-14,16-17H,4-5,8,15H2,1-3H3,(H,37,38)(H,30,31,32,33). The first kappa shape index (κ1) is 25.8. The molecule has 4 aromatic heterocycles. The Balaban J connectivity index is 1.52. The number of unbranched alkanes of at least 4 members (excludes halogenated alkanes) is 1. The Bertz CT molecular complexity index is 1640. The van der Waals surface area contributed by atoms with Gasteiger partial charge in [-0.05, 0) is 43.5 Å². The Kier molecular flexibility index (Phi) is 7.17. The summed E-state index contributed by atoms with van der Waals surface area (Å²) in [7, 11) is 0. The summed E-state index contributed by atoms with van der Waals surface area (Å²) >= 11 is 0. The number of aryl methyl sites for hydroxylation is 1. The predicted molar refractivity (Wildman–Crippen MR) is 144 cm³/mol. The van der Waals surface area contributed by atoms with Gasteiger partial charge in [-0.1, -0.05) is 43.7 Å². The number of carbonyl (C=O) groups is 1. The number of nitrogens with zero attached hydrogens (tertiary/aromatic N) is 8. The summed E-state index contributed by atoms with van der Waals surface area (Å²) in [6, 6.07) is 11.4. The molecule has 1 aromatic carbocycles. The van der Waals surface area contributed by atoms with Gasteiger partial charge in [0, 0.05) is 35.3 Å². The molecule has 200 valence electrons. The van der Waals surface area contributed by atoms with Crippen LogP contribution in [0.25, 0.3) is 28.3 Å². The molecule has 0 atom stereocenters. The highest BCUT2D eigenvalue weighted by Gasteiger charge is 2.24. The molecule has 0 fully saturated rings. The first-order valence-electron chi connectivity index (χ1n) is 12.8. The molecule has 0 aliphatic rings. The van der Waals surface area contributed by atoms with Crippen molar-refractivity contribution in [1.29, 1.82) is 0 Å². The Morgan fingerprint density at radius 3 is 2.54 bits per heavy atom. The van der Waals surface area contributed by atoms with Gasteiger partial charge in [0.15, 0.2) is 5.82 Å². The minimum Gasteiger partial charge on any atom is -0.477 e. The molecule has 0 radical (unpaired) electrons. The van der Waals surface area contributed by atoms with Crippen LogP contribution in [0.2, 0.25) is 0 Å². The minimum atomic E-state index is -1.13. The molecular weight excluding hydrogens is 498 g/mol. The molecule has 4 heterocycles. The van der Waals surface area contributed by atoms with Crippen molar-refractivity contribution in [2.45, 2.75) is 52.6 Å². The van der Waals surface area contributed by atoms with Crippen molar-refractivity contribution in [2.24, 2.45) is 0 Å². The van der Waals surface area contributed by atoms with Gasteiger partial charge in [-0.15, -0.1) is 10.2 Å². The molecule has 0 bridgehead atoms. The van der Waals surface area contributed by atoms with Crippen LogP contribution in [-0.2, 0) is 13.0 Å². The third-order valence-electron chi connectivity index (χ3n) is 6.53. The van der Waals surface area contributed by atoms with Gasteiger partial charge in [0.25, 0.3) is 0 Å². The Morgan fingerprint density at radius 1 is 1.10 bits per heavy atom. The number of aromatic carboxylic acids is 1. The SMILES string of the molecule is CCCCc1cn(-c2c(C(=O)O)cnn2C(C)C)c(=O)n1Cc1ccc(-c2ccccc2-c2nn[nH]n2)cn1. The third-order valence-corrected chi connectivity index (χ3v) is 6.53. The number of pyridine rings is 1. The zero-order valence-electron chi connectivity index (χ0n) is 21.9. The largest absolute Gasteiger partial charge is 0.477 e. The number of aromatic amines is 1. The van der Waals surface area contributed by atoms with Gasteiger partial charge in [0.2, 0.25) is 5.82 Å². The Labute approximate surface area is 224 Å². The molecular formula is C27H29N9O3. The average molecular weight is 528 g/mol. The van der Waals surface area contributed by atoms with Crippen LogP contribution < -0.4 is 5.69 Å². The zero-order chi connectivity index (χ0) is 27.5. The number of carboxylic acids is 1. The number of hydrogen-bond acceptors (Lipinski definition) is 7. The third kappa shape index (κ3) is 5.00. The van der Waals surface area contributed by atoms with E-state index in [9.17, 15) is 14.7 Å². The lowest BCUT2D eigenvalue weighted by molar-refractivity contribution is 0.0696. The van der Waals surface area contributed by atoms with Crippen molar-refractivity contribution < 1.29 is 9.90 Å². The molecule has 12 nitrogen and oxygen atoms in total. The fourth-order valence-corrected chi connectivity index (χ4v) is 4.57. The second-order valence-corrected chi connectivity index (χ2v) is 9.51. The van der Waals surface area contributed by atoms with Crippen LogP contribution in [0.1, 0.15) is 61.4 Å². The van der Waals surface area contributed by atoms with E-state index in [4.69, 9.17) is 0 Å². The number of aromatic nitrogens is 9. The van der Waals surface area contributed by atoms with Crippen LogP contribution in [0.15, 0.2) is 59.8 Å².